The van der Waals surface area contributed by atoms with Crippen molar-refractivity contribution in [2.24, 2.45) is 34.5 Å². The Hall–Kier alpha value is -0.410. The molecule has 132 valence electrons. The molecule has 0 aromatic rings. The average molecular weight is 322 g/mol. The summed E-state index contributed by atoms with van der Waals surface area (Å²) in [5.41, 5.74) is 0.328. The summed E-state index contributed by atoms with van der Waals surface area (Å²) in [6.45, 7) is 4.71. The molecule has 4 saturated carbocycles. The monoisotopic (exact) mass is 322 g/mol. The number of Topliss-reactive ketones (excluding diaryl/α,β-unsaturated/α-hetero) is 1. The Kier molecular flexibility index (Phi) is 4.65. The van der Waals surface area contributed by atoms with Crippen molar-refractivity contribution >= 4 is 5.78 Å². The summed E-state index contributed by atoms with van der Waals surface area (Å²) < 4.78 is 0. The summed E-state index contributed by atoms with van der Waals surface area (Å²) in [5, 5.41) is 17.9. The zero-order valence-corrected chi connectivity index (χ0v) is 15.1. The number of hydrogen-bond donors (Lipinski definition) is 2. The first-order valence-electron chi connectivity index (χ1n) is 9.63. The standard InChI is InChI=1S/C19H30O2.CH4O/c1-18-9-4-3-5-12(18)11-15(20)17-13-6-7-16(21)19(13,2)10-8-14(17)18;1-2/h12-15,17,20H,3-11H2,1-2H3;2H,1H3. The van der Waals surface area contributed by atoms with E-state index in [1.54, 1.807) is 0 Å². The van der Waals surface area contributed by atoms with Gasteiger partial charge in [-0.15, -0.1) is 0 Å². The van der Waals surface area contributed by atoms with E-state index in [1.165, 1.54) is 32.1 Å². The quantitative estimate of drug-likeness (QED) is 0.717. The molecule has 7 atom stereocenters. The summed E-state index contributed by atoms with van der Waals surface area (Å²) in [4.78, 5) is 12.4. The minimum absolute atomic E-state index is 0.111. The van der Waals surface area contributed by atoms with E-state index in [0.29, 0.717) is 29.0 Å². The number of aliphatic hydroxyl groups is 2. The molecule has 0 amide bonds. The minimum Gasteiger partial charge on any atom is -0.400 e. The molecule has 0 bridgehead atoms. The van der Waals surface area contributed by atoms with Crippen LogP contribution in [0.5, 0.6) is 0 Å². The van der Waals surface area contributed by atoms with E-state index in [9.17, 15) is 9.90 Å². The largest absolute Gasteiger partial charge is 0.400 e. The maximum absolute atomic E-state index is 12.4. The van der Waals surface area contributed by atoms with Crippen LogP contribution in [0.1, 0.15) is 71.6 Å². The summed E-state index contributed by atoms with van der Waals surface area (Å²) in [6, 6.07) is 0. The Balaban J connectivity index is 0.000000753. The molecular formula is C20H34O3. The van der Waals surface area contributed by atoms with Crippen molar-refractivity contribution < 1.29 is 15.0 Å². The van der Waals surface area contributed by atoms with E-state index >= 15 is 0 Å². The zero-order chi connectivity index (χ0) is 16.8. The molecule has 0 saturated heterocycles. The number of aliphatic hydroxyl groups excluding tert-OH is 2. The van der Waals surface area contributed by atoms with Crippen LogP contribution >= 0.6 is 0 Å². The molecule has 0 aliphatic heterocycles. The highest BCUT2D eigenvalue weighted by Gasteiger charge is 2.61. The molecule has 3 nitrogen and oxygen atoms in total. The molecule has 0 aromatic heterocycles. The first kappa shape index (κ1) is 17.4. The van der Waals surface area contributed by atoms with Gasteiger partial charge in [0, 0.05) is 18.9 Å². The summed E-state index contributed by atoms with van der Waals surface area (Å²) in [7, 11) is 1.00. The van der Waals surface area contributed by atoms with Crippen LogP contribution in [0.3, 0.4) is 0 Å². The molecular weight excluding hydrogens is 288 g/mol. The summed E-state index contributed by atoms with van der Waals surface area (Å²) >= 11 is 0. The third kappa shape index (κ3) is 2.41. The SMILES string of the molecule is CC12CCC3C(C(O)CC4CCCCC43C)C1CCC2=O.CO. The molecule has 4 rings (SSSR count). The predicted molar refractivity (Wildman–Crippen MR) is 90.9 cm³/mol. The van der Waals surface area contributed by atoms with Gasteiger partial charge in [0.2, 0.25) is 0 Å². The lowest BCUT2D eigenvalue weighted by Crippen LogP contribution is -2.57. The van der Waals surface area contributed by atoms with Crippen molar-refractivity contribution in [1.29, 1.82) is 0 Å². The Morgan fingerprint density at radius 1 is 1.00 bits per heavy atom. The predicted octanol–water partition coefficient (Wildman–Crippen LogP) is 3.57. The first-order valence-corrected chi connectivity index (χ1v) is 9.63. The van der Waals surface area contributed by atoms with Crippen LogP contribution < -0.4 is 0 Å². The van der Waals surface area contributed by atoms with Gasteiger partial charge < -0.3 is 10.2 Å². The van der Waals surface area contributed by atoms with Crippen molar-refractivity contribution in [2.75, 3.05) is 7.11 Å². The van der Waals surface area contributed by atoms with Crippen LogP contribution in [-0.2, 0) is 4.79 Å². The molecule has 2 N–H and O–H groups in total. The van der Waals surface area contributed by atoms with Crippen LogP contribution in [0.4, 0.5) is 0 Å². The van der Waals surface area contributed by atoms with Gasteiger partial charge in [-0.1, -0.05) is 26.7 Å². The van der Waals surface area contributed by atoms with Crippen LogP contribution in [0.15, 0.2) is 0 Å². The highest BCUT2D eigenvalue weighted by Crippen LogP contribution is 2.65. The van der Waals surface area contributed by atoms with E-state index < -0.39 is 0 Å². The fraction of sp³-hybridized carbons (Fsp3) is 0.950. The van der Waals surface area contributed by atoms with Gasteiger partial charge in [-0.2, -0.15) is 0 Å². The van der Waals surface area contributed by atoms with Crippen molar-refractivity contribution in [3.05, 3.63) is 0 Å². The van der Waals surface area contributed by atoms with E-state index in [-0.39, 0.29) is 11.5 Å². The first-order chi connectivity index (χ1) is 11.0. The third-order valence-electron chi connectivity index (χ3n) is 8.31. The molecule has 7 unspecified atom stereocenters. The van der Waals surface area contributed by atoms with E-state index in [2.05, 4.69) is 13.8 Å². The number of hydrogen-bond acceptors (Lipinski definition) is 3. The second-order valence-corrected chi connectivity index (χ2v) is 8.96. The third-order valence-corrected chi connectivity index (χ3v) is 8.31. The average Bonchev–Trinajstić information content (AvgIpc) is 2.86. The number of carbonyl (C=O) groups excluding carboxylic acids is 1. The number of ketones is 1. The lowest BCUT2D eigenvalue weighted by molar-refractivity contribution is -0.163. The van der Waals surface area contributed by atoms with Gasteiger partial charge in [-0.25, -0.2) is 0 Å². The van der Waals surface area contributed by atoms with Crippen LogP contribution in [0.25, 0.3) is 0 Å². The molecule has 4 aliphatic carbocycles. The molecule has 0 radical (unpaired) electrons. The molecule has 4 aliphatic rings. The summed E-state index contributed by atoms with van der Waals surface area (Å²) in [6.07, 6.45) is 10.3. The topological polar surface area (TPSA) is 57.5 Å². The molecule has 4 fully saturated rings. The van der Waals surface area contributed by atoms with Gasteiger partial charge in [0.25, 0.3) is 0 Å². The zero-order valence-electron chi connectivity index (χ0n) is 15.1. The fourth-order valence-electron chi connectivity index (χ4n) is 7.03. The van der Waals surface area contributed by atoms with Gasteiger partial charge in [-0.05, 0) is 67.6 Å². The van der Waals surface area contributed by atoms with Crippen molar-refractivity contribution in [3.8, 4) is 0 Å². The normalized spacial score (nSPS) is 51.9. The van der Waals surface area contributed by atoms with Gasteiger partial charge in [0.15, 0.2) is 0 Å². The Morgan fingerprint density at radius 3 is 2.48 bits per heavy atom. The van der Waals surface area contributed by atoms with Gasteiger partial charge in [-0.3, -0.25) is 4.79 Å². The Morgan fingerprint density at radius 2 is 1.74 bits per heavy atom. The van der Waals surface area contributed by atoms with Crippen LogP contribution in [0, 0.1) is 34.5 Å². The van der Waals surface area contributed by atoms with Crippen LogP contribution in [-0.4, -0.2) is 29.2 Å². The maximum Gasteiger partial charge on any atom is 0.139 e. The molecule has 0 heterocycles. The van der Waals surface area contributed by atoms with E-state index in [0.717, 1.165) is 38.7 Å². The number of rotatable bonds is 0. The van der Waals surface area contributed by atoms with Crippen LogP contribution in [0.2, 0.25) is 0 Å². The van der Waals surface area contributed by atoms with Crippen molar-refractivity contribution in [3.63, 3.8) is 0 Å². The number of fused-ring (bicyclic) bond motifs is 5. The lowest BCUT2D eigenvalue weighted by atomic mass is 9.44. The van der Waals surface area contributed by atoms with E-state index in [1.807, 2.05) is 0 Å². The Bertz CT molecular complexity index is 462. The summed E-state index contributed by atoms with van der Waals surface area (Å²) in [5.74, 6) is 2.72. The maximum atomic E-state index is 12.4. The van der Waals surface area contributed by atoms with Crippen molar-refractivity contribution in [1.82, 2.24) is 0 Å². The molecule has 0 aromatic carbocycles. The molecule has 23 heavy (non-hydrogen) atoms. The minimum atomic E-state index is -0.151. The lowest BCUT2D eigenvalue weighted by Gasteiger charge is -2.61. The van der Waals surface area contributed by atoms with E-state index in [4.69, 9.17) is 5.11 Å². The highest BCUT2D eigenvalue weighted by atomic mass is 16.3. The second-order valence-electron chi connectivity index (χ2n) is 8.96. The highest BCUT2D eigenvalue weighted by molar-refractivity contribution is 5.87. The van der Waals surface area contributed by atoms with Gasteiger partial charge in [0.05, 0.1) is 6.10 Å². The second kappa shape index (κ2) is 6.15. The van der Waals surface area contributed by atoms with Gasteiger partial charge >= 0.3 is 0 Å². The molecule has 0 spiro atoms. The fourth-order valence-corrected chi connectivity index (χ4v) is 7.03. The smallest absolute Gasteiger partial charge is 0.139 e. The number of carbonyl (C=O) groups is 1. The Labute approximate surface area is 140 Å². The van der Waals surface area contributed by atoms with Gasteiger partial charge in [0.1, 0.15) is 5.78 Å². The molecule has 3 heteroatoms. The van der Waals surface area contributed by atoms with Crippen molar-refractivity contribution in [2.45, 2.75) is 77.7 Å².